The van der Waals surface area contributed by atoms with Crippen LogP contribution in [-0.2, 0) is 0 Å². The van der Waals surface area contributed by atoms with E-state index in [1.165, 1.54) is 57.8 Å². The lowest BCUT2D eigenvalue weighted by Crippen LogP contribution is -2.03. The Morgan fingerprint density at radius 3 is 0.882 bits per heavy atom. The van der Waals surface area contributed by atoms with Gasteiger partial charge in [0.05, 0.1) is 0 Å². The predicted molar refractivity (Wildman–Crippen MR) is 171 cm³/mol. The number of allylic oxidation sites excluding steroid dienone is 2. The largest absolute Gasteiger partial charge is 0.0911 e. The molecule has 0 aliphatic rings. The van der Waals surface area contributed by atoms with Crippen molar-refractivity contribution in [1.82, 2.24) is 0 Å². The molecular formula is C34H80. The fourth-order valence-corrected chi connectivity index (χ4v) is 2.86. The Morgan fingerprint density at radius 2 is 0.765 bits per heavy atom. The molecule has 0 saturated carbocycles. The molecule has 0 aromatic carbocycles. The van der Waals surface area contributed by atoms with Crippen molar-refractivity contribution >= 4 is 0 Å². The van der Waals surface area contributed by atoms with Crippen LogP contribution in [0.3, 0.4) is 0 Å². The molecule has 0 heteroatoms. The highest BCUT2D eigenvalue weighted by Crippen LogP contribution is 2.22. The van der Waals surface area contributed by atoms with E-state index in [1.54, 1.807) is 0 Å². The van der Waals surface area contributed by atoms with Crippen LogP contribution in [0.5, 0.6) is 0 Å². The van der Waals surface area contributed by atoms with Crippen molar-refractivity contribution in [3.63, 3.8) is 0 Å². The molecule has 0 spiro atoms. The van der Waals surface area contributed by atoms with E-state index >= 15 is 0 Å². The summed E-state index contributed by atoms with van der Waals surface area (Å²) in [4.78, 5) is 0. The molecular weight excluding hydrogens is 408 g/mol. The summed E-state index contributed by atoms with van der Waals surface area (Å²) < 4.78 is 0. The highest BCUT2D eigenvalue weighted by atomic mass is 14.1. The topological polar surface area (TPSA) is 0 Å². The molecule has 0 nitrogen and oxygen atoms in total. The Kier molecular flexibility index (Phi) is 40.7. The molecule has 0 aromatic heterocycles. The van der Waals surface area contributed by atoms with Crippen LogP contribution in [0, 0.1) is 21.7 Å². The minimum atomic E-state index is 0. The standard InChI is InChI=1S/C9H20.C8H18.C7H16.C7H14.3CH4/c1-5-6-7-8-9(2,3)4;1-5-6-7-8(2,3)4;2*1-5-6-7(2,3)4;;;/h5-8H2,1-4H3;5-7H2,1-4H3;5-6H2,1-4H3;5-6H,1-4H3;3*1H4/b;;;6-5+;;;. The van der Waals surface area contributed by atoms with Crippen molar-refractivity contribution in [1.29, 1.82) is 0 Å². The Balaban J connectivity index is -0.0000000558. The molecule has 0 N–H and O–H groups in total. The summed E-state index contributed by atoms with van der Waals surface area (Å²) in [5.41, 5.74) is 2.02. The molecule has 0 radical (unpaired) electrons. The third-order valence-corrected chi connectivity index (χ3v) is 4.48. The second kappa shape index (κ2) is 27.3. The van der Waals surface area contributed by atoms with Crippen LogP contribution in [0.25, 0.3) is 0 Å². The third-order valence-electron chi connectivity index (χ3n) is 4.48. The molecule has 0 fully saturated rings. The van der Waals surface area contributed by atoms with E-state index in [9.17, 15) is 0 Å². The van der Waals surface area contributed by atoms with E-state index in [0.29, 0.717) is 21.7 Å². The third kappa shape index (κ3) is 85.4. The average Bonchev–Trinajstić information content (AvgIpc) is 2.51. The second-order valence-corrected chi connectivity index (χ2v) is 13.9. The van der Waals surface area contributed by atoms with Crippen molar-refractivity contribution in [2.24, 2.45) is 21.7 Å². The molecule has 0 heterocycles. The number of hydrogen-bond acceptors (Lipinski definition) is 0. The highest BCUT2D eigenvalue weighted by Gasteiger charge is 2.08. The summed E-state index contributed by atoms with van der Waals surface area (Å²) in [5.74, 6) is 0. The molecule has 0 amide bonds. The number of rotatable bonds is 6. The van der Waals surface area contributed by atoms with Gasteiger partial charge in [-0.05, 0) is 47.8 Å². The van der Waals surface area contributed by atoms with Gasteiger partial charge in [0.25, 0.3) is 0 Å². The van der Waals surface area contributed by atoms with Gasteiger partial charge in [0.2, 0.25) is 0 Å². The summed E-state index contributed by atoms with van der Waals surface area (Å²) in [6, 6.07) is 0. The van der Waals surface area contributed by atoms with Gasteiger partial charge >= 0.3 is 0 Å². The van der Waals surface area contributed by atoms with E-state index in [2.05, 4.69) is 116 Å². The monoisotopic (exact) mass is 489 g/mol. The smallest absolute Gasteiger partial charge is 0.0203 e. The highest BCUT2D eigenvalue weighted by molar-refractivity contribution is 4.89. The fraction of sp³-hybridized carbons (Fsp3) is 0.941. The molecule has 0 aromatic rings. The first kappa shape index (κ1) is 50.6. The molecule has 0 aliphatic carbocycles. The van der Waals surface area contributed by atoms with Crippen LogP contribution in [0.1, 0.15) is 191 Å². The van der Waals surface area contributed by atoms with Crippen LogP contribution in [-0.4, -0.2) is 0 Å². The molecule has 34 heavy (non-hydrogen) atoms. The van der Waals surface area contributed by atoms with Crippen LogP contribution >= 0.6 is 0 Å². The van der Waals surface area contributed by atoms with E-state index in [4.69, 9.17) is 0 Å². The zero-order chi connectivity index (χ0) is 25.8. The van der Waals surface area contributed by atoms with Gasteiger partial charge in [-0.3, -0.25) is 0 Å². The number of hydrogen-bond donors (Lipinski definition) is 0. The minimum Gasteiger partial charge on any atom is -0.0911 e. The summed E-state index contributed by atoms with van der Waals surface area (Å²) in [5, 5.41) is 0. The Morgan fingerprint density at radius 1 is 0.441 bits per heavy atom. The molecule has 0 aliphatic heterocycles. The van der Waals surface area contributed by atoms with Gasteiger partial charge in [-0.15, -0.1) is 0 Å². The van der Waals surface area contributed by atoms with E-state index in [0.717, 1.165) is 0 Å². The van der Waals surface area contributed by atoms with Gasteiger partial charge in [-0.25, -0.2) is 0 Å². The lowest BCUT2D eigenvalue weighted by Gasteiger charge is -2.16. The quantitative estimate of drug-likeness (QED) is 0.257. The fourth-order valence-electron chi connectivity index (χ4n) is 2.86. The first-order valence-corrected chi connectivity index (χ1v) is 13.4. The van der Waals surface area contributed by atoms with Crippen molar-refractivity contribution in [2.45, 2.75) is 191 Å². The van der Waals surface area contributed by atoms with Crippen molar-refractivity contribution in [3.05, 3.63) is 12.2 Å². The van der Waals surface area contributed by atoms with Crippen LogP contribution in [0.2, 0.25) is 0 Å². The van der Waals surface area contributed by atoms with E-state index < -0.39 is 0 Å². The van der Waals surface area contributed by atoms with E-state index in [-0.39, 0.29) is 22.3 Å². The average molecular weight is 489 g/mol. The van der Waals surface area contributed by atoms with Crippen molar-refractivity contribution in [3.8, 4) is 0 Å². The van der Waals surface area contributed by atoms with Crippen LogP contribution in [0.15, 0.2) is 12.2 Å². The van der Waals surface area contributed by atoms with Gasteiger partial charge in [-0.2, -0.15) is 0 Å². The molecule has 0 unspecified atom stereocenters. The maximum atomic E-state index is 2.31. The van der Waals surface area contributed by atoms with Crippen molar-refractivity contribution < 1.29 is 0 Å². The normalized spacial score (nSPS) is 11.2. The molecule has 0 bridgehead atoms. The summed E-state index contributed by atoms with van der Waals surface area (Å²) in [6.45, 7) is 36.0. The molecule has 0 atom stereocenters. The maximum Gasteiger partial charge on any atom is -0.0203 e. The maximum absolute atomic E-state index is 2.31. The Labute approximate surface area is 224 Å². The molecule has 0 rings (SSSR count). The first-order chi connectivity index (χ1) is 13.7. The van der Waals surface area contributed by atoms with Gasteiger partial charge in [0.15, 0.2) is 0 Å². The minimum absolute atomic E-state index is 0. The van der Waals surface area contributed by atoms with Gasteiger partial charge in [0.1, 0.15) is 0 Å². The van der Waals surface area contributed by atoms with E-state index in [1.807, 2.05) is 6.92 Å². The zero-order valence-corrected chi connectivity index (χ0v) is 25.5. The summed E-state index contributed by atoms with van der Waals surface area (Å²) >= 11 is 0. The van der Waals surface area contributed by atoms with Gasteiger partial charge in [0, 0.05) is 0 Å². The zero-order valence-electron chi connectivity index (χ0n) is 25.5. The lowest BCUT2D eigenvalue weighted by atomic mass is 9.90. The molecule has 0 saturated heterocycles. The lowest BCUT2D eigenvalue weighted by molar-refractivity contribution is 0.359. The summed E-state index contributed by atoms with van der Waals surface area (Å²) in [7, 11) is 0. The predicted octanol–water partition coefficient (Wildman–Crippen LogP) is 14.2. The number of unbranched alkanes of at least 4 members (excludes halogenated alkanes) is 3. The Bertz CT molecular complexity index is 357. The second-order valence-electron chi connectivity index (χ2n) is 13.9. The van der Waals surface area contributed by atoms with Gasteiger partial charge < -0.3 is 0 Å². The SMILES string of the molecule is C.C.C.C/C=C/C(C)(C)C.CCCC(C)(C)C.CCCCC(C)(C)C.CCCCCC(C)(C)C. The summed E-state index contributed by atoms with van der Waals surface area (Å²) in [6.07, 6.45) is 16.5. The van der Waals surface area contributed by atoms with Gasteiger partial charge in [-0.1, -0.05) is 177 Å². The van der Waals surface area contributed by atoms with Crippen LogP contribution < -0.4 is 0 Å². The van der Waals surface area contributed by atoms with Crippen LogP contribution in [0.4, 0.5) is 0 Å². The molecule has 216 valence electrons. The Hall–Kier alpha value is -0.260. The van der Waals surface area contributed by atoms with Crippen molar-refractivity contribution in [2.75, 3.05) is 0 Å². The first-order valence-electron chi connectivity index (χ1n) is 13.4.